The Morgan fingerprint density at radius 3 is 2.68 bits per heavy atom. The monoisotopic (exact) mass is 275 g/mol. The summed E-state index contributed by atoms with van der Waals surface area (Å²) < 4.78 is 2.98. The van der Waals surface area contributed by atoms with Crippen molar-refractivity contribution in [3.05, 3.63) is 47.0 Å². The molecule has 0 bridgehead atoms. The topological polar surface area (TPSA) is 29.1 Å². The number of carbonyl (C=O) groups excluding carboxylic acids is 1. The minimum absolute atomic E-state index is 0.113. The third-order valence-corrected chi connectivity index (χ3v) is 4.29. The van der Waals surface area contributed by atoms with E-state index in [1.165, 1.54) is 23.1 Å². The molecule has 0 fully saturated rings. The van der Waals surface area contributed by atoms with Gasteiger partial charge in [-0.3, -0.25) is 9.52 Å². The van der Waals surface area contributed by atoms with Gasteiger partial charge in [0.05, 0.1) is 0 Å². The van der Waals surface area contributed by atoms with Crippen LogP contribution in [-0.2, 0) is 10.5 Å². The van der Waals surface area contributed by atoms with Crippen molar-refractivity contribution >= 4 is 17.9 Å². The van der Waals surface area contributed by atoms with Crippen LogP contribution in [0.3, 0.4) is 0 Å². The minimum atomic E-state index is 0.113. The van der Waals surface area contributed by atoms with Crippen molar-refractivity contribution in [2.45, 2.75) is 38.9 Å². The fraction of sp³-hybridized carbons (Fsp3) is 0.438. The Morgan fingerprint density at radius 1 is 1.26 bits per heavy atom. The predicted molar refractivity (Wildman–Crippen MR) is 81.6 cm³/mol. The quantitative estimate of drug-likeness (QED) is 0.820. The first-order valence-electron chi connectivity index (χ1n) is 6.86. The van der Waals surface area contributed by atoms with Crippen LogP contribution in [0.5, 0.6) is 0 Å². The second kappa shape index (κ2) is 6.80. The van der Waals surface area contributed by atoms with Gasteiger partial charge in [-0.25, -0.2) is 0 Å². The maximum absolute atomic E-state index is 12.2. The van der Waals surface area contributed by atoms with E-state index in [1.54, 1.807) is 0 Å². The third-order valence-electron chi connectivity index (χ3n) is 3.48. The fourth-order valence-corrected chi connectivity index (χ4v) is 3.17. The van der Waals surface area contributed by atoms with E-state index in [0.717, 1.165) is 30.6 Å². The Balaban J connectivity index is 1.86. The zero-order valence-electron chi connectivity index (χ0n) is 11.6. The van der Waals surface area contributed by atoms with Gasteiger partial charge in [-0.05, 0) is 42.7 Å². The third kappa shape index (κ3) is 3.87. The van der Waals surface area contributed by atoms with Crippen molar-refractivity contribution in [3.63, 3.8) is 0 Å². The summed E-state index contributed by atoms with van der Waals surface area (Å²) in [4.78, 5) is 12.2. The van der Waals surface area contributed by atoms with Crippen LogP contribution in [0, 0.1) is 5.92 Å². The molecule has 0 aromatic heterocycles. The van der Waals surface area contributed by atoms with Gasteiger partial charge >= 0.3 is 0 Å². The number of amides is 1. The first kappa shape index (κ1) is 14.2. The average Bonchev–Trinajstić information content (AvgIpc) is 2.89. The van der Waals surface area contributed by atoms with Crippen LogP contribution in [-0.4, -0.2) is 5.91 Å². The van der Waals surface area contributed by atoms with Crippen LogP contribution in [0.15, 0.2) is 41.5 Å². The molecule has 0 atom stereocenters. The Bertz CT molecular complexity index is 465. The zero-order chi connectivity index (χ0) is 13.7. The number of allylic oxidation sites excluding steroid dienone is 1. The highest BCUT2D eigenvalue weighted by molar-refractivity contribution is 7.97. The van der Waals surface area contributed by atoms with Gasteiger partial charge in [0, 0.05) is 11.3 Å². The molecular weight excluding hydrogens is 254 g/mol. The number of hydrogen-bond acceptors (Lipinski definition) is 2. The molecule has 0 saturated carbocycles. The molecule has 0 aliphatic heterocycles. The summed E-state index contributed by atoms with van der Waals surface area (Å²) >= 11 is 1.48. The zero-order valence-corrected chi connectivity index (χ0v) is 12.4. The van der Waals surface area contributed by atoms with E-state index in [2.05, 4.69) is 30.7 Å². The molecule has 1 amide bonds. The summed E-state index contributed by atoms with van der Waals surface area (Å²) in [6, 6.07) is 10.2. The van der Waals surface area contributed by atoms with E-state index in [4.69, 9.17) is 0 Å². The van der Waals surface area contributed by atoms with Crippen LogP contribution >= 0.6 is 11.9 Å². The number of hydrogen-bond donors (Lipinski definition) is 1. The molecule has 1 aromatic carbocycles. The van der Waals surface area contributed by atoms with Crippen molar-refractivity contribution in [2.75, 3.05) is 0 Å². The van der Waals surface area contributed by atoms with Crippen molar-refractivity contribution in [1.29, 1.82) is 0 Å². The lowest BCUT2D eigenvalue weighted by molar-refractivity contribution is -0.115. The number of nitrogens with one attached hydrogen (secondary N) is 1. The Labute approximate surface area is 119 Å². The Hall–Kier alpha value is -1.22. The molecule has 1 aliphatic carbocycles. The summed E-state index contributed by atoms with van der Waals surface area (Å²) in [5.41, 5.74) is 3.60. The van der Waals surface area contributed by atoms with Gasteiger partial charge in [0.1, 0.15) is 0 Å². The highest BCUT2D eigenvalue weighted by Gasteiger charge is 2.22. The maximum atomic E-state index is 12.2. The molecule has 0 unspecified atom stereocenters. The number of benzene rings is 1. The minimum Gasteiger partial charge on any atom is -0.296 e. The van der Waals surface area contributed by atoms with Gasteiger partial charge in [-0.15, -0.1) is 0 Å². The predicted octanol–water partition coefficient (Wildman–Crippen LogP) is 4.09. The van der Waals surface area contributed by atoms with Crippen molar-refractivity contribution in [2.24, 2.45) is 5.92 Å². The van der Waals surface area contributed by atoms with Crippen LogP contribution in [0.1, 0.15) is 38.7 Å². The van der Waals surface area contributed by atoms with Crippen molar-refractivity contribution in [1.82, 2.24) is 4.72 Å². The maximum Gasteiger partial charge on any atom is 0.256 e. The van der Waals surface area contributed by atoms with E-state index in [-0.39, 0.29) is 5.91 Å². The molecule has 2 nitrogen and oxygen atoms in total. The largest absolute Gasteiger partial charge is 0.296 e. The number of carbonyl (C=O) groups is 1. The van der Waals surface area contributed by atoms with Crippen LogP contribution in [0.2, 0.25) is 0 Å². The molecular formula is C16H21NOS. The highest BCUT2D eigenvalue weighted by Crippen LogP contribution is 2.31. The molecule has 1 N–H and O–H groups in total. The van der Waals surface area contributed by atoms with Crippen LogP contribution in [0.25, 0.3) is 0 Å². The van der Waals surface area contributed by atoms with Gasteiger partial charge in [-0.2, -0.15) is 0 Å². The molecule has 3 heteroatoms. The number of rotatable bonds is 5. The summed E-state index contributed by atoms with van der Waals surface area (Å²) in [5, 5.41) is 0. The normalized spacial score (nSPS) is 15.1. The Kier molecular flexibility index (Phi) is 5.08. The summed E-state index contributed by atoms with van der Waals surface area (Å²) in [6.07, 6.45) is 3.15. The molecule has 2 rings (SSSR count). The lowest BCUT2D eigenvalue weighted by Crippen LogP contribution is -2.19. The van der Waals surface area contributed by atoms with Gasteiger partial charge in [0.15, 0.2) is 0 Å². The molecule has 1 aromatic rings. The van der Waals surface area contributed by atoms with Gasteiger partial charge in [0.25, 0.3) is 5.91 Å². The standard InChI is InChI=1S/C16H21NOS/c1-12(2)14-9-6-10-15(14)16(18)17-19-11-13-7-4-3-5-8-13/h3-5,7-8,12H,6,9-11H2,1-2H3,(H,17,18). The highest BCUT2D eigenvalue weighted by atomic mass is 32.2. The summed E-state index contributed by atoms with van der Waals surface area (Å²) in [5.74, 6) is 1.42. The summed E-state index contributed by atoms with van der Waals surface area (Å²) in [6.45, 7) is 4.34. The lowest BCUT2D eigenvalue weighted by atomic mass is 9.99. The molecule has 0 heterocycles. The molecule has 19 heavy (non-hydrogen) atoms. The van der Waals surface area contributed by atoms with E-state index in [0.29, 0.717) is 5.92 Å². The van der Waals surface area contributed by atoms with Crippen molar-refractivity contribution in [3.8, 4) is 0 Å². The van der Waals surface area contributed by atoms with E-state index in [1.807, 2.05) is 18.2 Å². The van der Waals surface area contributed by atoms with Crippen LogP contribution in [0.4, 0.5) is 0 Å². The smallest absolute Gasteiger partial charge is 0.256 e. The molecule has 0 spiro atoms. The second-order valence-corrected chi connectivity index (χ2v) is 6.00. The molecule has 0 saturated heterocycles. The summed E-state index contributed by atoms with van der Waals surface area (Å²) in [7, 11) is 0. The molecule has 102 valence electrons. The SMILES string of the molecule is CC(C)C1=C(C(=O)NSCc2ccccc2)CCC1. The van der Waals surface area contributed by atoms with Crippen LogP contribution < -0.4 is 4.72 Å². The van der Waals surface area contributed by atoms with E-state index < -0.39 is 0 Å². The van der Waals surface area contributed by atoms with Crippen molar-refractivity contribution < 1.29 is 4.79 Å². The van der Waals surface area contributed by atoms with Gasteiger partial charge in [-0.1, -0.05) is 49.8 Å². The van der Waals surface area contributed by atoms with Gasteiger partial charge in [0.2, 0.25) is 0 Å². The second-order valence-electron chi connectivity index (χ2n) is 5.22. The van der Waals surface area contributed by atoms with E-state index in [9.17, 15) is 4.79 Å². The fourth-order valence-electron chi connectivity index (χ4n) is 2.48. The average molecular weight is 275 g/mol. The lowest BCUT2D eigenvalue weighted by Gasteiger charge is -2.10. The molecule has 1 aliphatic rings. The first-order chi connectivity index (χ1) is 9.18. The van der Waals surface area contributed by atoms with Gasteiger partial charge < -0.3 is 0 Å². The van der Waals surface area contributed by atoms with E-state index >= 15 is 0 Å². The first-order valence-corrected chi connectivity index (χ1v) is 7.85. The Morgan fingerprint density at radius 2 is 2.00 bits per heavy atom. The molecule has 0 radical (unpaired) electrons.